The summed E-state index contributed by atoms with van der Waals surface area (Å²) < 4.78 is 0. The van der Waals surface area contributed by atoms with Crippen LogP contribution in [0.4, 0.5) is 0 Å². The zero-order chi connectivity index (χ0) is 8.27. The van der Waals surface area contributed by atoms with E-state index in [2.05, 4.69) is 12.2 Å². The summed E-state index contributed by atoms with van der Waals surface area (Å²) in [6.45, 7) is 2.17. The van der Waals surface area contributed by atoms with E-state index in [1.54, 1.807) is 11.8 Å². The molecule has 0 bridgehead atoms. The van der Waals surface area contributed by atoms with E-state index < -0.39 is 0 Å². The summed E-state index contributed by atoms with van der Waals surface area (Å²) in [4.78, 5) is 11.1. The third-order valence-electron chi connectivity index (χ3n) is 1.99. The summed E-state index contributed by atoms with van der Waals surface area (Å²) >= 11 is 1.72. The van der Waals surface area contributed by atoms with Gasteiger partial charge in [0.05, 0.1) is 0 Å². The molecule has 1 saturated carbocycles. The van der Waals surface area contributed by atoms with Gasteiger partial charge in [0, 0.05) is 18.2 Å². The number of hydrogen-bond acceptors (Lipinski definition) is 2. The second-order valence-corrected chi connectivity index (χ2v) is 4.12. The Balaban J connectivity index is 2.02. The molecule has 0 aromatic carbocycles. The highest BCUT2D eigenvalue weighted by molar-refractivity contribution is 7.98. The molecule has 0 saturated heterocycles. The lowest BCUT2D eigenvalue weighted by Gasteiger charge is -2.01. The monoisotopic (exact) mass is 173 g/mol. The topological polar surface area (TPSA) is 29.1 Å². The maximum atomic E-state index is 11.1. The van der Waals surface area contributed by atoms with Crippen LogP contribution in [0.25, 0.3) is 0 Å². The summed E-state index contributed by atoms with van der Waals surface area (Å²) in [5.74, 6) is 1.87. The second kappa shape index (κ2) is 4.00. The van der Waals surface area contributed by atoms with Crippen molar-refractivity contribution < 1.29 is 4.79 Å². The Kier molecular flexibility index (Phi) is 3.24. The summed E-state index contributed by atoms with van der Waals surface area (Å²) in [5, 5.41) is 2.99. The Hall–Kier alpha value is -0.180. The van der Waals surface area contributed by atoms with E-state index in [0.29, 0.717) is 18.4 Å². The fourth-order valence-corrected chi connectivity index (χ4v) is 1.39. The summed E-state index contributed by atoms with van der Waals surface area (Å²) in [5.41, 5.74) is 0. The number of carbonyl (C=O) groups excluding carboxylic acids is 1. The third-order valence-corrected chi connectivity index (χ3v) is 2.60. The average molecular weight is 173 g/mol. The number of carbonyl (C=O) groups is 1. The minimum Gasteiger partial charge on any atom is -0.353 e. The fraction of sp³-hybridized carbons (Fsp3) is 0.875. The molecule has 2 atom stereocenters. The van der Waals surface area contributed by atoms with Crippen LogP contribution in [-0.2, 0) is 4.79 Å². The van der Waals surface area contributed by atoms with Gasteiger partial charge in [-0.25, -0.2) is 0 Å². The highest BCUT2D eigenvalue weighted by Gasteiger charge is 2.33. The highest BCUT2D eigenvalue weighted by atomic mass is 32.2. The molecule has 0 spiro atoms. The molecule has 1 amide bonds. The molecule has 0 aliphatic heterocycles. The van der Waals surface area contributed by atoms with Crippen LogP contribution in [-0.4, -0.2) is 24.0 Å². The lowest BCUT2D eigenvalue weighted by molar-refractivity contribution is -0.120. The molecule has 1 N–H and O–H groups in total. The lowest BCUT2D eigenvalue weighted by atomic mass is 10.4. The first-order chi connectivity index (χ1) is 5.24. The number of rotatable bonds is 4. The maximum Gasteiger partial charge on any atom is 0.221 e. The van der Waals surface area contributed by atoms with Gasteiger partial charge in [-0.15, -0.1) is 0 Å². The molecule has 1 aliphatic rings. The van der Waals surface area contributed by atoms with E-state index in [1.807, 2.05) is 6.26 Å². The summed E-state index contributed by atoms with van der Waals surface area (Å²) in [7, 11) is 0. The van der Waals surface area contributed by atoms with E-state index in [4.69, 9.17) is 0 Å². The highest BCUT2D eigenvalue weighted by Crippen LogP contribution is 2.28. The first kappa shape index (κ1) is 8.91. The van der Waals surface area contributed by atoms with Crippen molar-refractivity contribution in [3.05, 3.63) is 0 Å². The van der Waals surface area contributed by atoms with Crippen LogP contribution in [0.15, 0.2) is 0 Å². The molecule has 0 unspecified atom stereocenters. The predicted molar refractivity (Wildman–Crippen MR) is 48.7 cm³/mol. The zero-order valence-electron chi connectivity index (χ0n) is 7.09. The fourth-order valence-electron chi connectivity index (χ4n) is 0.997. The maximum absolute atomic E-state index is 11.1. The van der Waals surface area contributed by atoms with Crippen molar-refractivity contribution in [2.24, 2.45) is 5.92 Å². The van der Waals surface area contributed by atoms with E-state index >= 15 is 0 Å². The van der Waals surface area contributed by atoms with Gasteiger partial charge in [-0.1, -0.05) is 6.92 Å². The van der Waals surface area contributed by atoms with E-state index in [1.165, 1.54) is 6.42 Å². The third kappa shape index (κ3) is 3.14. The van der Waals surface area contributed by atoms with Crippen molar-refractivity contribution >= 4 is 17.7 Å². The summed E-state index contributed by atoms with van der Waals surface area (Å²) in [6.07, 6.45) is 3.86. The van der Waals surface area contributed by atoms with Crippen LogP contribution < -0.4 is 5.32 Å². The van der Waals surface area contributed by atoms with Crippen molar-refractivity contribution in [2.45, 2.75) is 25.8 Å². The molecule has 0 aromatic rings. The van der Waals surface area contributed by atoms with Gasteiger partial charge in [0.15, 0.2) is 0 Å². The van der Waals surface area contributed by atoms with Gasteiger partial charge in [-0.3, -0.25) is 4.79 Å². The molecule has 1 rings (SSSR count). The Bertz CT molecular complexity index is 149. The van der Waals surface area contributed by atoms with Gasteiger partial charge < -0.3 is 5.32 Å². The Labute approximate surface area is 72.1 Å². The second-order valence-electron chi connectivity index (χ2n) is 3.13. The molecule has 3 heteroatoms. The molecule has 64 valence electrons. The van der Waals surface area contributed by atoms with Gasteiger partial charge in [0.1, 0.15) is 0 Å². The Morgan fingerprint density at radius 3 is 2.82 bits per heavy atom. The zero-order valence-corrected chi connectivity index (χ0v) is 7.91. The Morgan fingerprint density at radius 1 is 1.73 bits per heavy atom. The van der Waals surface area contributed by atoms with Gasteiger partial charge in [0.25, 0.3) is 0 Å². The van der Waals surface area contributed by atoms with Crippen LogP contribution in [0, 0.1) is 5.92 Å². The van der Waals surface area contributed by atoms with Crippen LogP contribution in [0.5, 0.6) is 0 Å². The van der Waals surface area contributed by atoms with Gasteiger partial charge in [-0.05, 0) is 18.6 Å². The molecule has 0 radical (unpaired) electrons. The van der Waals surface area contributed by atoms with Gasteiger partial charge in [-0.2, -0.15) is 11.8 Å². The van der Waals surface area contributed by atoms with E-state index in [0.717, 1.165) is 5.75 Å². The van der Waals surface area contributed by atoms with Crippen molar-refractivity contribution in [2.75, 3.05) is 12.0 Å². The van der Waals surface area contributed by atoms with Crippen molar-refractivity contribution in [3.63, 3.8) is 0 Å². The first-order valence-electron chi connectivity index (χ1n) is 4.02. The van der Waals surface area contributed by atoms with E-state index in [9.17, 15) is 4.79 Å². The number of hydrogen-bond donors (Lipinski definition) is 1. The molecule has 1 fully saturated rings. The SMILES string of the molecule is CSCCC(=O)N[C@@H]1C[C@H]1C. The van der Waals surface area contributed by atoms with Crippen LogP contribution >= 0.6 is 11.8 Å². The number of amides is 1. The standard InChI is InChI=1S/C8H15NOS/c1-6-5-7(6)9-8(10)3-4-11-2/h6-7H,3-5H2,1-2H3,(H,9,10)/t6-,7-/m1/s1. The van der Waals surface area contributed by atoms with E-state index in [-0.39, 0.29) is 5.91 Å². The lowest BCUT2D eigenvalue weighted by Crippen LogP contribution is -2.26. The smallest absolute Gasteiger partial charge is 0.221 e. The summed E-state index contributed by atoms with van der Waals surface area (Å²) in [6, 6.07) is 0.490. The van der Waals surface area contributed by atoms with Gasteiger partial charge in [0.2, 0.25) is 5.91 Å². The predicted octanol–water partition coefficient (Wildman–Crippen LogP) is 1.26. The quantitative estimate of drug-likeness (QED) is 0.693. The molecular weight excluding hydrogens is 158 g/mol. The largest absolute Gasteiger partial charge is 0.353 e. The molecule has 2 nitrogen and oxygen atoms in total. The van der Waals surface area contributed by atoms with Crippen molar-refractivity contribution in [3.8, 4) is 0 Å². The van der Waals surface area contributed by atoms with Gasteiger partial charge >= 0.3 is 0 Å². The Morgan fingerprint density at radius 2 is 2.36 bits per heavy atom. The van der Waals surface area contributed by atoms with Crippen LogP contribution in [0.3, 0.4) is 0 Å². The van der Waals surface area contributed by atoms with Crippen molar-refractivity contribution in [1.82, 2.24) is 5.32 Å². The van der Waals surface area contributed by atoms with Crippen LogP contribution in [0.2, 0.25) is 0 Å². The average Bonchev–Trinajstić information content (AvgIpc) is 2.62. The molecule has 1 aliphatic carbocycles. The van der Waals surface area contributed by atoms with Crippen molar-refractivity contribution in [1.29, 1.82) is 0 Å². The molecule has 0 aromatic heterocycles. The molecule has 0 heterocycles. The molecular formula is C8H15NOS. The minimum absolute atomic E-state index is 0.216. The minimum atomic E-state index is 0.216. The normalized spacial score (nSPS) is 28.2. The first-order valence-corrected chi connectivity index (χ1v) is 5.41. The number of nitrogens with one attached hydrogen (secondary N) is 1. The molecule has 11 heavy (non-hydrogen) atoms. The van der Waals surface area contributed by atoms with Crippen LogP contribution in [0.1, 0.15) is 19.8 Å². The number of thioether (sulfide) groups is 1.